The SMILES string of the molecule is CC(=O)NC1CCC2(C)CCC(C(C)C(=O)NCCN3CCCC3)C(O)C2C1C. The molecule has 3 aliphatic rings. The molecule has 1 aliphatic heterocycles. The van der Waals surface area contributed by atoms with E-state index in [1.807, 2.05) is 6.92 Å². The standard InChI is InChI=1S/C23H41N3O3/c1-15(22(29)24-11-14-26-12-5-6-13-26)18-7-9-23(4)10-8-19(25-17(3)27)16(2)20(23)21(18)28/h15-16,18-21,28H,5-14H2,1-4H3,(H,24,29)(H,25,27). The van der Waals surface area contributed by atoms with Crippen LogP contribution in [0.5, 0.6) is 0 Å². The summed E-state index contributed by atoms with van der Waals surface area (Å²) in [5.74, 6) is 0.184. The first-order valence-electron chi connectivity index (χ1n) is 11.7. The fourth-order valence-corrected chi connectivity index (χ4v) is 6.46. The summed E-state index contributed by atoms with van der Waals surface area (Å²) in [6, 6.07) is 0.114. The van der Waals surface area contributed by atoms with E-state index in [4.69, 9.17) is 0 Å². The lowest BCUT2D eigenvalue weighted by Crippen LogP contribution is -2.58. The molecular weight excluding hydrogens is 366 g/mol. The zero-order chi connectivity index (χ0) is 21.2. The first-order valence-corrected chi connectivity index (χ1v) is 11.7. The average molecular weight is 408 g/mol. The van der Waals surface area contributed by atoms with Crippen LogP contribution in [0.25, 0.3) is 0 Å². The predicted molar refractivity (Wildman–Crippen MR) is 114 cm³/mol. The molecular formula is C23H41N3O3. The van der Waals surface area contributed by atoms with E-state index in [0.29, 0.717) is 6.54 Å². The van der Waals surface area contributed by atoms with Gasteiger partial charge in [-0.3, -0.25) is 9.59 Å². The molecule has 2 aliphatic carbocycles. The van der Waals surface area contributed by atoms with Gasteiger partial charge in [-0.15, -0.1) is 0 Å². The van der Waals surface area contributed by atoms with Crippen LogP contribution < -0.4 is 10.6 Å². The van der Waals surface area contributed by atoms with Gasteiger partial charge in [0.1, 0.15) is 0 Å². The minimum Gasteiger partial charge on any atom is -0.392 e. The Hall–Kier alpha value is -1.14. The molecule has 7 atom stereocenters. The molecule has 3 N–H and O–H groups in total. The Morgan fingerprint density at radius 3 is 2.52 bits per heavy atom. The fourth-order valence-electron chi connectivity index (χ4n) is 6.46. The van der Waals surface area contributed by atoms with Crippen molar-refractivity contribution in [3.63, 3.8) is 0 Å². The molecule has 1 saturated heterocycles. The van der Waals surface area contributed by atoms with E-state index in [1.54, 1.807) is 6.92 Å². The van der Waals surface area contributed by atoms with Crippen molar-refractivity contribution < 1.29 is 14.7 Å². The van der Waals surface area contributed by atoms with E-state index in [0.717, 1.165) is 45.3 Å². The zero-order valence-electron chi connectivity index (χ0n) is 18.7. The molecule has 0 aromatic carbocycles. The largest absolute Gasteiger partial charge is 0.392 e. The van der Waals surface area contributed by atoms with Crippen LogP contribution in [0.4, 0.5) is 0 Å². The summed E-state index contributed by atoms with van der Waals surface area (Å²) in [7, 11) is 0. The number of aliphatic hydroxyl groups excluding tert-OH is 1. The third-order valence-corrected chi connectivity index (χ3v) is 8.26. The van der Waals surface area contributed by atoms with Crippen molar-refractivity contribution in [2.45, 2.75) is 78.4 Å². The van der Waals surface area contributed by atoms with Gasteiger partial charge < -0.3 is 20.6 Å². The Morgan fingerprint density at radius 2 is 1.86 bits per heavy atom. The summed E-state index contributed by atoms with van der Waals surface area (Å²) < 4.78 is 0. The number of carbonyl (C=O) groups excluding carboxylic acids is 2. The van der Waals surface area contributed by atoms with Crippen molar-refractivity contribution in [2.24, 2.45) is 29.1 Å². The highest BCUT2D eigenvalue weighted by atomic mass is 16.3. The van der Waals surface area contributed by atoms with Crippen LogP contribution in [0.2, 0.25) is 0 Å². The smallest absolute Gasteiger partial charge is 0.223 e. The van der Waals surface area contributed by atoms with Gasteiger partial charge in [0, 0.05) is 32.0 Å². The number of amides is 2. The maximum Gasteiger partial charge on any atom is 0.223 e. The maximum atomic E-state index is 12.8. The summed E-state index contributed by atoms with van der Waals surface area (Å²) in [5.41, 5.74) is 0.0935. The number of nitrogens with one attached hydrogen (secondary N) is 2. The minimum absolute atomic E-state index is 0.00181. The van der Waals surface area contributed by atoms with E-state index in [2.05, 4.69) is 29.4 Å². The number of hydrogen-bond donors (Lipinski definition) is 3. The highest BCUT2D eigenvalue weighted by Crippen LogP contribution is 2.55. The second-order valence-corrected chi connectivity index (χ2v) is 10.2. The summed E-state index contributed by atoms with van der Waals surface area (Å²) in [5, 5.41) is 17.6. The lowest BCUT2D eigenvalue weighted by molar-refractivity contribution is -0.143. The minimum atomic E-state index is -0.500. The van der Waals surface area contributed by atoms with Crippen molar-refractivity contribution in [2.75, 3.05) is 26.2 Å². The highest BCUT2D eigenvalue weighted by Gasteiger charge is 2.53. The van der Waals surface area contributed by atoms with Gasteiger partial charge in [-0.25, -0.2) is 0 Å². The van der Waals surface area contributed by atoms with Crippen molar-refractivity contribution in [3.05, 3.63) is 0 Å². The van der Waals surface area contributed by atoms with Gasteiger partial charge in [0.2, 0.25) is 11.8 Å². The second kappa shape index (κ2) is 9.34. The number of fused-ring (bicyclic) bond motifs is 1. The van der Waals surface area contributed by atoms with Crippen molar-refractivity contribution in [1.29, 1.82) is 0 Å². The molecule has 3 fully saturated rings. The summed E-state index contributed by atoms with van der Waals surface area (Å²) >= 11 is 0. The summed E-state index contributed by atoms with van der Waals surface area (Å²) in [4.78, 5) is 26.8. The molecule has 6 heteroatoms. The summed E-state index contributed by atoms with van der Waals surface area (Å²) in [6.45, 7) is 11.9. The van der Waals surface area contributed by atoms with Crippen LogP contribution in [0.3, 0.4) is 0 Å². The van der Waals surface area contributed by atoms with E-state index in [9.17, 15) is 14.7 Å². The molecule has 3 rings (SSSR count). The van der Waals surface area contributed by atoms with Gasteiger partial charge in [0.05, 0.1) is 6.10 Å². The van der Waals surface area contributed by atoms with Gasteiger partial charge in [0.15, 0.2) is 0 Å². The van der Waals surface area contributed by atoms with Gasteiger partial charge in [-0.2, -0.15) is 0 Å². The van der Waals surface area contributed by atoms with E-state index < -0.39 is 6.10 Å². The molecule has 0 aromatic rings. The van der Waals surface area contributed by atoms with Crippen LogP contribution in [0.15, 0.2) is 0 Å². The quantitative estimate of drug-likeness (QED) is 0.630. The Kier molecular flexibility index (Phi) is 7.26. The third kappa shape index (κ3) is 4.96. The number of rotatable bonds is 6. The molecule has 2 saturated carbocycles. The Balaban J connectivity index is 1.60. The van der Waals surface area contributed by atoms with Crippen LogP contribution >= 0.6 is 0 Å². The molecule has 6 nitrogen and oxygen atoms in total. The molecule has 0 aromatic heterocycles. The van der Waals surface area contributed by atoms with Crippen molar-refractivity contribution in [1.82, 2.24) is 15.5 Å². The van der Waals surface area contributed by atoms with Crippen LogP contribution in [0, 0.1) is 29.1 Å². The molecule has 2 amide bonds. The number of carbonyl (C=O) groups is 2. The molecule has 0 spiro atoms. The second-order valence-electron chi connectivity index (χ2n) is 10.2. The van der Waals surface area contributed by atoms with Gasteiger partial charge in [0.25, 0.3) is 0 Å². The van der Waals surface area contributed by atoms with Crippen molar-refractivity contribution >= 4 is 11.8 Å². The monoisotopic (exact) mass is 407 g/mol. The highest BCUT2D eigenvalue weighted by molar-refractivity contribution is 5.78. The lowest BCUT2D eigenvalue weighted by atomic mass is 9.51. The fraction of sp³-hybridized carbons (Fsp3) is 0.913. The van der Waals surface area contributed by atoms with Crippen molar-refractivity contribution in [3.8, 4) is 0 Å². The number of likely N-dealkylation sites (tertiary alicyclic amines) is 1. The number of hydrogen-bond acceptors (Lipinski definition) is 4. The molecule has 29 heavy (non-hydrogen) atoms. The first-order chi connectivity index (χ1) is 13.7. The van der Waals surface area contributed by atoms with E-state index in [1.165, 1.54) is 12.8 Å². The van der Waals surface area contributed by atoms with Crippen LogP contribution in [-0.2, 0) is 9.59 Å². The molecule has 1 heterocycles. The first kappa shape index (κ1) is 22.5. The molecule has 0 radical (unpaired) electrons. The normalized spacial score (nSPS) is 38.9. The maximum absolute atomic E-state index is 12.8. The van der Waals surface area contributed by atoms with E-state index >= 15 is 0 Å². The van der Waals surface area contributed by atoms with Crippen LogP contribution in [0.1, 0.15) is 66.2 Å². The Bertz CT molecular complexity index is 592. The molecule has 166 valence electrons. The Labute approximate surface area is 176 Å². The Morgan fingerprint density at radius 1 is 1.21 bits per heavy atom. The average Bonchev–Trinajstić information content (AvgIpc) is 3.17. The third-order valence-electron chi connectivity index (χ3n) is 8.26. The topological polar surface area (TPSA) is 81.7 Å². The van der Waals surface area contributed by atoms with Crippen LogP contribution in [-0.4, -0.2) is 60.1 Å². The van der Waals surface area contributed by atoms with Gasteiger partial charge >= 0.3 is 0 Å². The zero-order valence-corrected chi connectivity index (χ0v) is 18.7. The molecule has 0 bridgehead atoms. The van der Waals surface area contributed by atoms with Gasteiger partial charge in [-0.05, 0) is 74.8 Å². The predicted octanol–water partition coefficient (Wildman–Crippen LogP) is 2.16. The van der Waals surface area contributed by atoms with E-state index in [-0.39, 0.29) is 46.9 Å². The summed E-state index contributed by atoms with van der Waals surface area (Å²) in [6.07, 6.45) is 5.95. The molecule has 7 unspecified atom stereocenters. The van der Waals surface area contributed by atoms with Gasteiger partial charge in [-0.1, -0.05) is 20.8 Å². The number of nitrogens with zero attached hydrogens (tertiary/aromatic N) is 1. The lowest BCUT2D eigenvalue weighted by Gasteiger charge is -2.56. The number of aliphatic hydroxyl groups is 1.